The highest BCUT2D eigenvalue weighted by atomic mass is 16.7. The van der Waals surface area contributed by atoms with Crippen molar-refractivity contribution in [3.63, 3.8) is 0 Å². The van der Waals surface area contributed by atoms with Gasteiger partial charge in [0, 0.05) is 0 Å². The molecule has 19 heavy (non-hydrogen) atoms. The van der Waals surface area contributed by atoms with E-state index in [-0.39, 0.29) is 13.2 Å². The molecule has 0 saturated heterocycles. The van der Waals surface area contributed by atoms with Crippen molar-refractivity contribution in [1.29, 1.82) is 0 Å². The van der Waals surface area contributed by atoms with Crippen LogP contribution in [0.15, 0.2) is 24.3 Å². The van der Waals surface area contributed by atoms with Crippen LogP contribution < -0.4 is 0 Å². The van der Waals surface area contributed by atoms with Crippen molar-refractivity contribution in [3.05, 3.63) is 24.3 Å². The molecule has 0 radical (unpaired) electrons. The largest absolute Gasteiger partial charge is 0.481 e. The van der Waals surface area contributed by atoms with E-state index in [0.717, 1.165) is 23.5 Å². The molecule has 0 aromatic heterocycles. The van der Waals surface area contributed by atoms with E-state index >= 15 is 0 Å². The SMILES string of the molecule is C=C(C)CON(C=O)CC(CCCC=CC)C(=O)O. The summed E-state index contributed by atoms with van der Waals surface area (Å²) in [7, 11) is 0. The highest BCUT2D eigenvalue weighted by molar-refractivity contribution is 5.70. The van der Waals surface area contributed by atoms with Crippen molar-refractivity contribution < 1.29 is 19.5 Å². The van der Waals surface area contributed by atoms with Crippen LogP contribution in [-0.4, -0.2) is 35.7 Å². The van der Waals surface area contributed by atoms with Gasteiger partial charge in [-0.05, 0) is 33.1 Å². The third-order valence-corrected chi connectivity index (χ3v) is 2.50. The molecule has 0 rings (SSSR count). The summed E-state index contributed by atoms with van der Waals surface area (Å²) in [4.78, 5) is 27.1. The van der Waals surface area contributed by atoms with Crippen molar-refractivity contribution in [1.82, 2.24) is 5.06 Å². The lowest BCUT2D eigenvalue weighted by molar-refractivity contribution is -0.175. The summed E-state index contributed by atoms with van der Waals surface area (Å²) >= 11 is 0. The van der Waals surface area contributed by atoms with Gasteiger partial charge in [0.1, 0.15) is 0 Å². The maximum absolute atomic E-state index is 11.1. The highest BCUT2D eigenvalue weighted by Gasteiger charge is 2.20. The second kappa shape index (κ2) is 10.3. The number of nitrogens with zero attached hydrogens (tertiary/aromatic N) is 1. The lowest BCUT2D eigenvalue weighted by Gasteiger charge is -2.21. The monoisotopic (exact) mass is 269 g/mol. The summed E-state index contributed by atoms with van der Waals surface area (Å²) < 4.78 is 0. The van der Waals surface area contributed by atoms with Crippen LogP contribution in [0.2, 0.25) is 0 Å². The van der Waals surface area contributed by atoms with Gasteiger partial charge < -0.3 is 5.11 Å². The molecule has 0 heterocycles. The zero-order valence-corrected chi connectivity index (χ0v) is 11.7. The number of hydrogen-bond donors (Lipinski definition) is 1. The lowest BCUT2D eigenvalue weighted by Crippen LogP contribution is -2.33. The molecule has 0 fully saturated rings. The molecule has 0 aromatic rings. The van der Waals surface area contributed by atoms with E-state index in [1.54, 1.807) is 6.92 Å². The van der Waals surface area contributed by atoms with Crippen molar-refractivity contribution in [2.75, 3.05) is 13.2 Å². The molecule has 0 aliphatic carbocycles. The highest BCUT2D eigenvalue weighted by Crippen LogP contribution is 2.11. The number of carbonyl (C=O) groups is 2. The molecule has 0 saturated carbocycles. The van der Waals surface area contributed by atoms with E-state index in [4.69, 9.17) is 9.94 Å². The van der Waals surface area contributed by atoms with Crippen LogP contribution in [0.5, 0.6) is 0 Å². The first-order chi connectivity index (χ1) is 9.01. The Labute approximate surface area is 114 Å². The quantitative estimate of drug-likeness (QED) is 0.271. The van der Waals surface area contributed by atoms with Crippen LogP contribution in [0.3, 0.4) is 0 Å². The normalized spacial score (nSPS) is 12.3. The lowest BCUT2D eigenvalue weighted by atomic mass is 10.0. The molecule has 1 unspecified atom stereocenters. The Morgan fingerprint density at radius 2 is 2.21 bits per heavy atom. The summed E-state index contributed by atoms with van der Waals surface area (Å²) in [6.07, 6.45) is 6.56. The second-order valence-corrected chi connectivity index (χ2v) is 4.47. The van der Waals surface area contributed by atoms with Gasteiger partial charge >= 0.3 is 5.97 Å². The predicted octanol–water partition coefficient (Wildman–Crippen LogP) is 2.40. The Bertz CT molecular complexity index is 325. The van der Waals surface area contributed by atoms with Crippen molar-refractivity contribution in [2.45, 2.75) is 33.1 Å². The van der Waals surface area contributed by atoms with Gasteiger partial charge in [-0.15, -0.1) is 0 Å². The van der Waals surface area contributed by atoms with Crippen molar-refractivity contribution >= 4 is 12.4 Å². The third kappa shape index (κ3) is 9.02. The fraction of sp³-hybridized carbons (Fsp3) is 0.571. The average molecular weight is 269 g/mol. The molecule has 0 aliphatic rings. The molecule has 1 N–H and O–H groups in total. The minimum Gasteiger partial charge on any atom is -0.481 e. The Kier molecular flexibility index (Phi) is 9.44. The fourth-order valence-electron chi connectivity index (χ4n) is 1.48. The Morgan fingerprint density at radius 1 is 1.53 bits per heavy atom. The van der Waals surface area contributed by atoms with Gasteiger partial charge in [0.25, 0.3) is 0 Å². The Hall–Kier alpha value is -1.62. The second-order valence-electron chi connectivity index (χ2n) is 4.47. The number of amides is 1. The van der Waals surface area contributed by atoms with Crippen LogP contribution in [0.4, 0.5) is 0 Å². The van der Waals surface area contributed by atoms with E-state index < -0.39 is 11.9 Å². The number of carbonyl (C=O) groups excluding carboxylic acids is 1. The van der Waals surface area contributed by atoms with Crippen LogP contribution in [-0.2, 0) is 14.4 Å². The minimum absolute atomic E-state index is 0.0575. The van der Waals surface area contributed by atoms with Crippen LogP contribution in [0, 0.1) is 5.92 Å². The summed E-state index contributed by atoms with van der Waals surface area (Å²) in [6.45, 7) is 7.62. The molecule has 1 amide bonds. The number of unbranched alkanes of at least 4 members (excludes halogenated alkanes) is 1. The van der Waals surface area contributed by atoms with Gasteiger partial charge in [-0.1, -0.05) is 24.3 Å². The average Bonchev–Trinajstić information content (AvgIpc) is 2.36. The molecule has 0 aliphatic heterocycles. The molecule has 108 valence electrons. The topological polar surface area (TPSA) is 66.8 Å². The predicted molar refractivity (Wildman–Crippen MR) is 73.3 cm³/mol. The summed E-state index contributed by atoms with van der Waals surface area (Å²) in [5.41, 5.74) is 0.770. The Balaban J connectivity index is 4.24. The maximum Gasteiger partial charge on any atom is 0.308 e. The van der Waals surface area contributed by atoms with Crippen molar-refractivity contribution in [3.8, 4) is 0 Å². The smallest absolute Gasteiger partial charge is 0.308 e. The van der Waals surface area contributed by atoms with Crippen LogP contribution >= 0.6 is 0 Å². The number of carboxylic acid groups (broad SMARTS) is 1. The molecular weight excluding hydrogens is 246 g/mol. The first kappa shape index (κ1) is 17.4. The van der Waals surface area contributed by atoms with Gasteiger partial charge in [0.2, 0.25) is 6.41 Å². The molecule has 0 aromatic carbocycles. The molecular formula is C14H23NO4. The number of carboxylic acids is 1. The molecule has 1 atom stereocenters. The molecule has 0 spiro atoms. The molecule has 0 bridgehead atoms. The summed E-state index contributed by atoms with van der Waals surface area (Å²) in [5, 5.41) is 10.1. The number of rotatable bonds is 11. The third-order valence-electron chi connectivity index (χ3n) is 2.50. The number of hydroxylamine groups is 2. The maximum atomic E-state index is 11.1. The number of allylic oxidation sites excluding steroid dienone is 2. The fourth-order valence-corrected chi connectivity index (χ4v) is 1.48. The van der Waals surface area contributed by atoms with Crippen molar-refractivity contribution in [2.24, 2.45) is 5.92 Å². The summed E-state index contributed by atoms with van der Waals surface area (Å²) in [6, 6.07) is 0. The van der Waals surface area contributed by atoms with E-state index in [9.17, 15) is 9.59 Å². The Morgan fingerprint density at radius 3 is 2.68 bits per heavy atom. The van der Waals surface area contributed by atoms with Crippen LogP contribution in [0.25, 0.3) is 0 Å². The number of hydrogen-bond acceptors (Lipinski definition) is 3. The van der Waals surface area contributed by atoms with Gasteiger partial charge in [-0.2, -0.15) is 0 Å². The van der Waals surface area contributed by atoms with E-state index in [1.807, 2.05) is 19.1 Å². The van der Waals surface area contributed by atoms with E-state index in [0.29, 0.717) is 12.8 Å². The van der Waals surface area contributed by atoms with Gasteiger partial charge in [0.05, 0.1) is 19.1 Å². The first-order valence-corrected chi connectivity index (χ1v) is 6.34. The van der Waals surface area contributed by atoms with Gasteiger partial charge in [-0.3, -0.25) is 14.4 Å². The minimum atomic E-state index is -0.911. The number of aliphatic carboxylic acids is 1. The summed E-state index contributed by atoms with van der Waals surface area (Å²) in [5.74, 6) is -1.52. The van der Waals surface area contributed by atoms with Crippen LogP contribution in [0.1, 0.15) is 33.1 Å². The first-order valence-electron chi connectivity index (χ1n) is 6.34. The van der Waals surface area contributed by atoms with Gasteiger partial charge in [-0.25, -0.2) is 5.06 Å². The molecule has 5 heteroatoms. The zero-order chi connectivity index (χ0) is 14.7. The van der Waals surface area contributed by atoms with E-state index in [2.05, 4.69) is 6.58 Å². The van der Waals surface area contributed by atoms with E-state index in [1.165, 1.54) is 0 Å². The zero-order valence-electron chi connectivity index (χ0n) is 11.7. The van der Waals surface area contributed by atoms with Gasteiger partial charge in [0.15, 0.2) is 0 Å². The molecule has 5 nitrogen and oxygen atoms in total. The standard InChI is InChI=1S/C14H23NO4/c1-4-5-6-7-8-13(14(17)18)9-15(11-16)19-10-12(2)3/h4-5,11,13H,2,6-10H2,1,3H3,(H,17,18).